The molecule has 1 aliphatic rings. The normalized spacial score (nSPS) is 19.6. The Kier molecular flexibility index (Phi) is 6.97. The maximum absolute atomic E-state index is 4.59. The van der Waals surface area contributed by atoms with Gasteiger partial charge in [0.15, 0.2) is 0 Å². The van der Waals surface area contributed by atoms with Gasteiger partial charge in [-0.25, -0.2) is 0 Å². The Morgan fingerprint density at radius 1 is 1.23 bits per heavy atom. The van der Waals surface area contributed by atoms with Gasteiger partial charge in [-0.1, -0.05) is 51.6 Å². The molecule has 0 N–H and O–H groups in total. The number of allylic oxidation sites excluding steroid dienone is 1. The van der Waals surface area contributed by atoms with E-state index in [1.807, 2.05) is 40.0 Å². The Morgan fingerprint density at radius 2 is 1.91 bits per heavy atom. The molecule has 2 unspecified atom stereocenters. The van der Waals surface area contributed by atoms with Crippen LogP contribution in [0.2, 0.25) is 0 Å². The predicted octanol–water partition coefficient (Wildman–Crippen LogP) is 5.96. The summed E-state index contributed by atoms with van der Waals surface area (Å²) < 4.78 is 0. The zero-order valence-electron chi connectivity index (χ0n) is 14.7. The highest BCUT2D eigenvalue weighted by molar-refractivity contribution is 6.11. The lowest BCUT2D eigenvalue weighted by molar-refractivity contribution is 0.583. The molecule has 0 spiro atoms. The first-order chi connectivity index (χ1) is 10.5. The number of hydrogen-bond acceptors (Lipinski definition) is 2. The van der Waals surface area contributed by atoms with E-state index in [2.05, 4.69) is 54.7 Å². The molecule has 2 heteroatoms. The van der Waals surface area contributed by atoms with Gasteiger partial charge in [0.1, 0.15) is 0 Å². The standard InChI is InChI=1S/C18H22N2.C2H6/c1-6-15-7-8-16(10-18(15)20-12(2)3)17-9-13(4)14(5)19-11-17;1-2/h6-11,13-14H,1H2,2-5H3;1-2H3. The van der Waals surface area contributed by atoms with Crippen molar-refractivity contribution in [3.8, 4) is 0 Å². The number of aliphatic imine (C=N–C) groups is 2. The number of benzene rings is 1. The highest BCUT2D eigenvalue weighted by Crippen LogP contribution is 2.28. The molecule has 2 rings (SSSR count). The summed E-state index contributed by atoms with van der Waals surface area (Å²) in [5.41, 5.74) is 5.41. The quantitative estimate of drug-likeness (QED) is 0.615. The van der Waals surface area contributed by atoms with Crippen molar-refractivity contribution in [2.24, 2.45) is 15.9 Å². The zero-order valence-corrected chi connectivity index (χ0v) is 14.7. The van der Waals surface area contributed by atoms with Crippen molar-refractivity contribution in [3.05, 3.63) is 42.0 Å². The van der Waals surface area contributed by atoms with Crippen molar-refractivity contribution >= 4 is 29.3 Å². The van der Waals surface area contributed by atoms with Gasteiger partial charge in [-0.3, -0.25) is 9.98 Å². The summed E-state index contributed by atoms with van der Waals surface area (Å²) in [7, 11) is 0. The summed E-state index contributed by atoms with van der Waals surface area (Å²) in [5.74, 6) is 0.467. The summed E-state index contributed by atoms with van der Waals surface area (Å²) in [6.07, 6.45) is 6.10. The first-order valence-electron chi connectivity index (χ1n) is 8.05. The van der Waals surface area contributed by atoms with Crippen molar-refractivity contribution in [1.82, 2.24) is 0 Å². The Labute approximate surface area is 135 Å². The smallest absolute Gasteiger partial charge is 0.0707 e. The molecule has 0 radical (unpaired) electrons. The van der Waals surface area contributed by atoms with Crippen molar-refractivity contribution in [1.29, 1.82) is 0 Å². The average Bonchev–Trinajstić information content (AvgIpc) is 2.51. The van der Waals surface area contributed by atoms with Crippen molar-refractivity contribution in [3.63, 3.8) is 0 Å². The highest BCUT2D eigenvalue weighted by Gasteiger charge is 2.14. The number of dihydropyridines is 1. The monoisotopic (exact) mass is 296 g/mol. The van der Waals surface area contributed by atoms with Gasteiger partial charge >= 0.3 is 0 Å². The lowest BCUT2D eigenvalue weighted by atomic mass is 9.94. The highest BCUT2D eigenvalue weighted by atomic mass is 14.8. The van der Waals surface area contributed by atoms with E-state index >= 15 is 0 Å². The third-order valence-electron chi connectivity index (χ3n) is 3.58. The molecule has 118 valence electrons. The fourth-order valence-electron chi connectivity index (χ4n) is 2.20. The van der Waals surface area contributed by atoms with Crippen molar-refractivity contribution < 1.29 is 0 Å². The molecule has 0 saturated carbocycles. The van der Waals surface area contributed by atoms with Crippen LogP contribution in [0.4, 0.5) is 5.69 Å². The zero-order chi connectivity index (χ0) is 16.7. The second-order valence-electron chi connectivity index (χ2n) is 5.54. The van der Waals surface area contributed by atoms with Crippen molar-refractivity contribution in [2.45, 2.75) is 47.6 Å². The van der Waals surface area contributed by atoms with Crippen LogP contribution in [-0.2, 0) is 0 Å². The minimum Gasteiger partial charge on any atom is -0.289 e. The van der Waals surface area contributed by atoms with E-state index in [-0.39, 0.29) is 0 Å². The summed E-state index contributed by atoms with van der Waals surface area (Å²) in [4.78, 5) is 9.15. The summed E-state index contributed by atoms with van der Waals surface area (Å²) in [5, 5.41) is 0. The van der Waals surface area contributed by atoms with Crippen LogP contribution in [0.5, 0.6) is 0 Å². The van der Waals surface area contributed by atoms with Crippen LogP contribution in [0.25, 0.3) is 11.6 Å². The molecular weight excluding hydrogens is 268 g/mol. The minimum atomic E-state index is 0.363. The van der Waals surface area contributed by atoms with Gasteiger partial charge < -0.3 is 0 Å². The molecule has 0 amide bonds. The van der Waals surface area contributed by atoms with Gasteiger partial charge in [0.2, 0.25) is 0 Å². The van der Waals surface area contributed by atoms with Crippen LogP contribution >= 0.6 is 0 Å². The fourth-order valence-corrected chi connectivity index (χ4v) is 2.20. The van der Waals surface area contributed by atoms with Crippen molar-refractivity contribution in [2.75, 3.05) is 0 Å². The number of nitrogens with zero attached hydrogens (tertiary/aromatic N) is 2. The summed E-state index contributed by atoms with van der Waals surface area (Å²) >= 11 is 0. The van der Waals surface area contributed by atoms with Crippen LogP contribution < -0.4 is 0 Å². The predicted molar refractivity (Wildman–Crippen MR) is 101 cm³/mol. The SMILES string of the molecule is C=Cc1ccc(C2=CC(C)C(C)N=C2)cc1N=C(C)C.CC. The van der Waals surface area contributed by atoms with E-state index < -0.39 is 0 Å². The Hall–Kier alpha value is -1.96. The lowest BCUT2D eigenvalue weighted by Gasteiger charge is -2.19. The summed E-state index contributed by atoms with van der Waals surface area (Å²) in [6.45, 7) is 16.2. The molecule has 2 atom stereocenters. The Morgan fingerprint density at radius 3 is 2.45 bits per heavy atom. The molecule has 2 nitrogen and oxygen atoms in total. The van der Waals surface area contributed by atoms with Gasteiger partial charge in [-0.2, -0.15) is 0 Å². The molecule has 0 bridgehead atoms. The second kappa shape index (κ2) is 8.47. The summed E-state index contributed by atoms with van der Waals surface area (Å²) in [6, 6.07) is 6.66. The fraction of sp³-hybridized carbons (Fsp3) is 0.400. The average molecular weight is 296 g/mol. The van der Waals surface area contributed by atoms with E-state index in [4.69, 9.17) is 0 Å². The molecule has 1 aliphatic heterocycles. The number of hydrogen-bond donors (Lipinski definition) is 0. The first-order valence-corrected chi connectivity index (χ1v) is 8.05. The maximum atomic E-state index is 4.59. The third-order valence-corrected chi connectivity index (χ3v) is 3.58. The van der Waals surface area contributed by atoms with Crippen LogP contribution in [0.3, 0.4) is 0 Å². The molecular formula is C20H28N2. The molecule has 0 saturated heterocycles. The van der Waals surface area contributed by atoms with Crippen LogP contribution in [0.15, 0.2) is 40.8 Å². The molecule has 0 aromatic heterocycles. The molecule has 0 aliphatic carbocycles. The molecule has 1 heterocycles. The molecule has 1 aromatic rings. The maximum Gasteiger partial charge on any atom is 0.0707 e. The number of rotatable bonds is 3. The van der Waals surface area contributed by atoms with Gasteiger partial charge in [0.05, 0.1) is 11.7 Å². The van der Waals surface area contributed by atoms with Crippen LogP contribution in [0, 0.1) is 5.92 Å². The lowest BCUT2D eigenvalue weighted by Crippen LogP contribution is -2.14. The van der Waals surface area contributed by atoms with Crippen LogP contribution in [0.1, 0.15) is 52.7 Å². The topological polar surface area (TPSA) is 24.7 Å². The van der Waals surface area contributed by atoms with E-state index in [1.54, 1.807) is 0 Å². The van der Waals surface area contributed by atoms with Gasteiger partial charge in [-0.05, 0) is 49.5 Å². The minimum absolute atomic E-state index is 0.363. The molecule has 1 aromatic carbocycles. The van der Waals surface area contributed by atoms with E-state index in [9.17, 15) is 0 Å². The van der Waals surface area contributed by atoms with Gasteiger partial charge in [-0.15, -0.1) is 0 Å². The van der Waals surface area contributed by atoms with E-state index in [1.165, 1.54) is 5.57 Å². The van der Waals surface area contributed by atoms with E-state index in [0.717, 1.165) is 22.5 Å². The van der Waals surface area contributed by atoms with E-state index in [0.29, 0.717) is 12.0 Å². The second-order valence-corrected chi connectivity index (χ2v) is 5.54. The first kappa shape index (κ1) is 18.1. The Bertz CT molecular complexity index is 602. The van der Waals surface area contributed by atoms with Crippen LogP contribution in [-0.4, -0.2) is 18.0 Å². The van der Waals surface area contributed by atoms with Gasteiger partial charge in [0, 0.05) is 11.9 Å². The Balaban J connectivity index is 0.00000116. The largest absolute Gasteiger partial charge is 0.289 e. The molecule has 0 fully saturated rings. The van der Waals surface area contributed by atoms with Gasteiger partial charge in [0.25, 0.3) is 0 Å². The molecule has 22 heavy (non-hydrogen) atoms. The third kappa shape index (κ3) is 4.52.